The van der Waals surface area contributed by atoms with Gasteiger partial charge in [-0.3, -0.25) is 0 Å². The molecule has 1 aromatic carbocycles. The van der Waals surface area contributed by atoms with E-state index >= 15 is 0 Å². The quantitative estimate of drug-likeness (QED) is 0.596. The zero-order valence-corrected chi connectivity index (χ0v) is 12.5. The first-order chi connectivity index (χ1) is 9.16. The Balaban J connectivity index is 1.72. The summed E-state index contributed by atoms with van der Waals surface area (Å²) in [6.07, 6.45) is 4.81. The molecule has 0 N–H and O–H groups in total. The summed E-state index contributed by atoms with van der Waals surface area (Å²) in [5, 5.41) is 1.06. The largest absolute Gasteiger partial charge is 0.493 e. The summed E-state index contributed by atoms with van der Waals surface area (Å²) >= 11 is 1.77. The molecule has 0 aliphatic rings. The van der Waals surface area contributed by atoms with Gasteiger partial charge < -0.3 is 9.30 Å². The van der Waals surface area contributed by atoms with Crippen LogP contribution < -0.4 is 4.74 Å². The smallest absolute Gasteiger partial charge is 0.167 e. The lowest BCUT2D eigenvalue weighted by Crippen LogP contribution is -2.01. The third-order valence-corrected chi connectivity index (χ3v) is 4.04. The molecule has 0 bridgehead atoms. The average molecular weight is 276 g/mol. The van der Waals surface area contributed by atoms with E-state index < -0.39 is 0 Å². The Morgan fingerprint density at radius 1 is 1.32 bits per heavy atom. The van der Waals surface area contributed by atoms with Crippen LogP contribution in [-0.2, 0) is 7.05 Å². The lowest BCUT2D eigenvalue weighted by Gasteiger charge is -2.09. The van der Waals surface area contributed by atoms with E-state index in [1.54, 1.807) is 11.8 Å². The molecule has 19 heavy (non-hydrogen) atoms. The summed E-state index contributed by atoms with van der Waals surface area (Å²) < 4.78 is 7.86. The van der Waals surface area contributed by atoms with Crippen molar-refractivity contribution in [1.82, 2.24) is 9.55 Å². The van der Waals surface area contributed by atoms with Crippen LogP contribution in [0.4, 0.5) is 0 Å². The number of hydrogen-bond donors (Lipinski definition) is 0. The molecule has 0 fully saturated rings. The van der Waals surface area contributed by atoms with E-state index in [0.717, 1.165) is 29.7 Å². The van der Waals surface area contributed by atoms with Gasteiger partial charge in [0.05, 0.1) is 6.61 Å². The minimum atomic E-state index is 0.752. The van der Waals surface area contributed by atoms with Crippen molar-refractivity contribution in [2.45, 2.75) is 25.4 Å². The van der Waals surface area contributed by atoms with Crippen LogP contribution in [-0.4, -0.2) is 21.9 Å². The molecule has 0 amide bonds. The number of hydrogen-bond acceptors (Lipinski definition) is 3. The van der Waals surface area contributed by atoms with E-state index in [0.29, 0.717) is 0 Å². The highest BCUT2D eigenvalue weighted by atomic mass is 32.2. The minimum absolute atomic E-state index is 0.752. The molecule has 0 saturated carbocycles. The van der Waals surface area contributed by atoms with E-state index in [-0.39, 0.29) is 0 Å². The van der Waals surface area contributed by atoms with E-state index in [9.17, 15) is 0 Å². The molecule has 102 valence electrons. The second kappa shape index (κ2) is 6.66. The third kappa shape index (κ3) is 4.03. The molecule has 1 aromatic heterocycles. The zero-order valence-electron chi connectivity index (χ0n) is 11.7. The SMILES string of the molecule is Cc1ccc(C)c(OCCCSc2nccn2C)c1. The van der Waals surface area contributed by atoms with Crippen LogP contribution >= 0.6 is 11.8 Å². The van der Waals surface area contributed by atoms with Crippen molar-refractivity contribution in [2.75, 3.05) is 12.4 Å². The van der Waals surface area contributed by atoms with Crippen molar-refractivity contribution in [2.24, 2.45) is 7.05 Å². The molecule has 0 aliphatic heterocycles. The molecule has 1 heterocycles. The summed E-state index contributed by atoms with van der Waals surface area (Å²) in [5.74, 6) is 2.03. The molecule has 2 aromatic rings. The highest BCUT2D eigenvalue weighted by Gasteiger charge is 2.01. The van der Waals surface area contributed by atoms with Crippen LogP contribution in [0.2, 0.25) is 0 Å². The number of nitrogens with zero attached hydrogens (tertiary/aromatic N) is 2. The molecule has 0 radical (unpaired) electrons. The van der Waals surface area contributed by atoms with Crippen LogP contribution in [0.3, 0.4) is 0 Å². The van der Waals surface area contributed by atoms with E-state index in [1.165, 1.54) is 11.1 Å². The van der Waals surface area contributed by atoms with Gasteiger partial charge in [-0.25, -0.2) is 4.98 Å². The monoisotopic (exact) mass is 276 g/mol. The number of thioether (sulfide) groups is 1. The molecule has 0 spiro atoms. The van der Waals surface area contributed by atoms with Crippen molar-refractivity contribution in [1.29, 1.82) is 0 Å². The number of rotatable bonds is 6. The van der Waals surface area contributed by atoms with Crippen LogP contribution in [0.1, 0.15) is 17.5 Å². The summed E-state index contributed by atoms with van der Waals surface area (Å²) in [5.41, 5.74) is 2.44. The third-order valence-electron chi connectivity index (χ3n) is 2.90. The van der Waals surface area contributed by atoms with Crippen molar-refractivity contribution in [3.05, 3.63) is 41.7 Å². The van der Waals surface area contributed by atoms with E-state index in [4.69, 9.17) is 4.74 Å². The maximum absolute atomic E-state index is 5.83. The predicted octanol–water partition coefficient (Wildman–Crippen LogP) is 3.60. The molecule has 4 heteroatoms. The van der Waals surface area contributed by atoms with Gasteiger partial charge >= 0.3 is 0 Å². The van der Waals surface area contributed by atoms with Gasteiger partial charge in [-0.15, -0.1) is 0 Å². The Morgan fingerprint density at radius 3 is 2.89 bits per heavy atom. The second-order valence-corrected chi connectivity index (χ2v) is 5.70. The Kier molecular flexibility index (Phi) is 4.91. The molecule has 2 rings (SSSR count). The van der Waals surface area contributed by atoms with Crippen molar-refractivity contribution >= 4 is 11.8 Å². The summed E-state index contributed by atoms with van der Waals surface area (Å²) in [4.78, 5) is 4.28. The standard InChI is InChI=1S/C15H20N2OS/c1-12-5-6-13(2)14(11-12)18-9-4-10-19-15-16-7-8-17(15)3/h5-8,11H,4,9-10H2,1-3H3. The molecule has 0 aliphatic carbocycles. The zero-order chi connectivity index (χ0) is 13.7. The normalized spacial score (nSPS) is 10.7. The predicted molar refractivity (Wildman–Crippen MR) is 80.0 cm³/mol. The fourth-order valence-corrected chi connectivity index (χ4v) is 2.60. The topological polar surface area (TPSA) is 27.1 Å². The first kappa shape index (κ1) is 14.0. The van der Waals surface area contributed by atoms with Gasteiger partial charge in [-0.2, -0.15) is 0 Å². The van der Waals surface area contributed by atoms with Crippen LogP contribution in [0, 0.1) is 13.8 Å². The Labute approximate surface area is 119 Å². The fraction of sp³-hybridized carbons (Fsp3) is 0.400. The van der Waals surface area contributed by atoms with Gasteiger partial charge in [-0.05, 0) is 37.5 Å². The molecular weight excluding hydrogens is 256 g/mol. The number of benzene rings is 1. The molecule has 0 unspecified atom stereocenters. The minimum Gasteiger partial charge on any atom is -0.493 e. The first-order valence-corrected chi connectivity index (χ1v) is 7.45. The number of aryl methyl sites for hydroxylation is 3. The van der Waals surface area contributed by atoms with Crippen LogP contribution in [0.15, 0.2) is 35.7 Å². The Hall–Kier alpha value is -1.42. The van der Waals surface area contributed by atoms with Gasteiger partial charge in [-0.1, -0.05) is 23.9 Å². The van der Waals surface area contributed by atoms with Crippen LogP contribution in [0.5, 0.6) is 5.75 Å². The number of imidazole rings is 1. The number of aromatic nitrogens is 2. The molecular formula is C15H20N2OS. The van der Waals surface area contributed by atoms with Gasteiger partial charge in [0, 0.05) is 25.2 Å². The lowest BCUT2D eigenvalue weighted by atomic mass is 10.1. The highest BCUT2D eigenvalue weighted by Crippen LogP contribution is 2.20. The number of ether oxygens (including phenoxy) is 1. The van der Waals surface area contributed by atoms with Crippen LogP contribution in [0.25, 0.3) is 0 Å². The highest BCUT2D eigenvalue weighted by molar-refractivity contribution is 7.99. The van der Waals surface area contributed by atoms with E-state index in [2.05, 4.69) is 37.0 Å². The lowest BCUT2D eigenvalue weighted by molar-refractivity contribution is 0.316. The van der Waals surface area contributed by atoms with E-state index in [1.807, 2.05) is 24.0 Å². The first-order valence-electron chi connectivity index (χ1n) is 6.47. The fourth-order valence-electron chi connectivity index (χ4n) is 1.76. The molecule has 0 atom stereocenters. The average Bonchev–Trinajstić information content (AvgIpc) is 2.79. The summed E-state index contributed by atoms with van der Waals surface area (Å²) in [6.45, 7) is 4.92. The summed E-state index contributed by atoms with van der Waals surface area (Å²) in [7, 11) is 2.02. The van der Waals surface area contributed by atoms with Crippen molar-refractivity contribution in [3.8, 4) is 5.75 Å². The van der Waals surface area contributed by atoms with Gasteiger partial charge in [0.25, 0.3) is 0 Å². The van der Waals surface area contributed by atoms with Crippen molar-refractivity contribution < 1.29 is 4.74 Å². The Morgan fingerprint density at radius 2 is 2.16 bits per heavy atom. The van der Waals surface area contributed by atoms with Gasteiger partial charge in [0.15, 0.2) is 5.16 Å². The van der Waals surface area contributed by atoms with Gasteiger partial charge in [0.2, 0.25) is 0 Å². The maximum Gasteiger partial charge on any atom is 0.167 e. The molecule has 3 nitrogen and oxygen atoms in total. The summed E-state index contributed by atoms with van der Waals surface area (Å²) in [6, 6.07) is 6.31. The van der Waals surface area contributed by atoms with Crippen molar-refractivity contribution in [3.63, 3.8) is 0 Å². The Bertz CT molecular complexity index is 537. The van der Waals surface area contributed by atoms with Gasteiger partial charge in [0.1, 0.15) is 5.75 Å². The molecule has 0 saturated heterocycles. The maximum atomic E-state index is 5.83. The second-order valence-electron chi connectivity index (χ2n) is 4.64.